The predicted octanol–water partition coefficient (Wildman–Crippen LogP) is 18.8. The van der Waals surface area contributed by atoms with E-state index in [4.69, 9.17) is 9.47 Å². The van der Waals surface area contributed by atoms with Gasteiger partial charge < -0.3 is 14.6 Å². The van der Waals surface area contributed by atoms with Gasteiger partial charge in [-0.25, -0.2) is 0 Å². The fraction of sp³-hybridized carbons (Fsp3) is 0.562. The molecule has 1 unspecified atom stereocenters. The average Bonchev–Trinajstić information content (AvgIpc) is 3.35. The van der Waals surface area contributed by atoms with Crippen LogP contribution in [0.2, 0.25) is 0 Å². The summed E-state index contributed by atoms with van der Waals surface area (Å²) in [6.07, 6.45) is 89.2. The molecule has 0 spiro atoms. The third-order valence-electron chi connectivity index (χ3n) is 11.1. The Bertz CT molecular complexity index is 1540. The largest absolute Gasteiger partial charge is 0.462 e. The van der Waals surface area contributed by atoms with E-state index in [0.717, 1.165) is 135 Å². The number of esters is 2. The molecule has 0 saturated heterocycles. The second-order valence-corrected chi connectivity index (χ2v) is 17.6. The second kappa shape index (κ2) is 57.8. The lowest BCUT2D eigenvalue weighted by Gasteiger charge is -2.15. The highest BCUT2D eigenvalue weighted by Gasteiger charge is 2.16. The summed E-state index contributed by atoms with van der Waals surface area (Å²) in [5.41, 5.74) is 0. The highest BCUT2D eigenvalue weighted by atomic mass is 16.6. The maximum atomic E-state index is 12.3. The third kappa shape index (κ3) is 56.0. The van der Waals surface area contributed by atoms with Crippen LogP contribution in [0.25, 0.3) is 0 Å². The zero-order chi connectivity index (χ0) is 49.9. The summed E-state index contributed by atoms with van der Waals surface area (Å²) in [6, 6.07) is 0. The van der Waals surface area contributed by atoms with Crippen LogP contribution in [0.1, 0.15) is 213 Å². The van der Waals surface area contributed by atoms with Crippen molar-refractivity contribution < 1.29 is 24.2 Å². The molecule has 0 fully saturated rings. The molecule has 0 bridgehead atoms. The zero-order valence-corrected chi connectivity index (χ0v) is 44.0. The van der Waals surface area contributed by atoms with Crippen LogP contribution in [0.4, 0.5) is 0 Å². The normalized spacial score (nSPS) is 13.5. The third-order valence-corrected chi connectivity index (χ3v) is 11.1. The molecule has 69 heavy (non-hydrogen) atoms. The lowest BCUT2D eigenvalue weighted by molar-refractivity contribution is -0.161. The molecule has 0 rings (SSSR count). The van der Waals surface area contributed by atoms with Gasteiger partial charge in [0.1, 0.15) is 6.61 Å². The summed E-state index contributed by atoms with van der Waals surface area (Å²) in [5.74, 6) is -0.641. The van der Waals surface area contributed by atoms with E-state index in [0.29, 0.717) is 12.8 Å². The molecule has 0 aliphatic heterocycles. The van der Waals surface area contributed by atoms with Crippen molar-refractivity contribution in [2.24, 2.45) is 0 Å². The van der Waals surface area contributed by atoms with Gasteiger partial charge in [0.15, 0.2) is 6.10 Å². The van der Waals surface area contributed by atoms with Crippen molar-refractivity contribution in [1.29, 1.82) is 0 Å². The lowest BCUT2D eigenvalue weighted by atomic mass is 10.1. The van der Waals surface area contributed by atoms with E-state index in [1.807, 2.05) is 0 Å². The van der Waals surface area contributed by atoms with Crippen LogP contribution in [-0.2, 0) is 19.1 Å². The Kier molecular flexibility index (Phi) is 54.1. The minimum atomic E-state index is -0.799. The van der Waals surface area contributed by atoms with Crippen LogP contribution in [0, 0.1) is 0 Å². The van der Waals surface area contributed by atoms with Crippen molar-refractivity contribution in [3.8, 4) is 0 Å². The molecule has 0 aliphatic carbocycles. The predicted molar refractivity (Wildman–Crippen MR) is 301 cm³/mol. The minimum absolute atomic E-state index is 0.0896. The molecule has 1 N–H and O–H groups in total. The van der Waals surface area contributed by atoms with Gasteiger partial charge in [-0.05, 0) is 128 Å². The average molecular weight is 949 g/mol. The first-order valence-corrected chi connectivity index (χ1v) is 27.5. The maximum absolute atomic E-state index is 12.3. The molecule has 0 aromatic rings. The topological polar surface area (TPSA) is 72.8 Å². The number of unbranched alkanes of at least 4 members (excludes halogenated alkanes) is 14. The number of hydrogen-bond acceptors (Lipinski definition) is 5. The fourth-order valence-corrected chi connectivity index (χ4v) is 6.94. The Hall–Kier alpha value is -4.48. The Labute approximate surface area is 424 Å². The van der Waals surface area contributed by atoms with E-state index in [1.165, 1.54) is 51.4 Å². The number of hydrogen-bond donors (Lipinski definition) is 1. The van der Waals surface area contributed by atoms with Crippen molar-refractivity contribution in [2.75, 3.05) is 13.2 Å². The van der Waals surface area contributed by atoms with E-state index in [2.05, 4.69) is 172 Å². The molecule has 0 saturated carbocycles. The van der Waals surface area contributed by atoms with Gasteiger partial charge in [-0.2, -0.15) is 0 Å². The number of aliphatic hydroxyl groups is 1. The molecule has 0 aliphatic rings. The Morgan fingerprint density at radius 3 is 0.957 bits per heavy atom. The number of rotatable bonds is 48. The van der Waals surface area contributed by atoms with E-state index in [9.17, 15) is 14.7 Å². The molecule has 0 aromatic carbocycles. The van der Waals surface area contributed by atoms with Crippen molar-refractivity contribution in [3.63, 3.8) is 0 Å². The molecule has 5 nitrogen and oxygen atoms in total. The van der Waals surface area contributed by atoms with Gasteiger partial charge in [-0.1, -0.05) is 230 Å². The standard InChI is InChI=1S/C64H100O5/c1-3-5-7-9-11-13-15-17-19-20-21-22-23-24-25-26-27-28-29-30-31-32-33-34-35-36-37-38-39-40-41-42-43-44-45-47-49-51-53-55-57-59-64(67)69-62(60-65)61-68-63(66)58-56-54-52-50-48-46-18-16-14-12-10-8-6-4-2/h5,7,11,13,16-19,21-22,24-25,27-28,30-31,33-34,36-37,39-40,42-43,45,47,62,65H,3-4,6,8-10,12,14-15,20,23,26,29,32,35,38,41,44,46,48-61H2,1-2H3/b7-5-,13-11-,18-16-,19-17-,22-21-,25-24-,28-27-,31-30-,34-33-,37-36-,40-39-,43-42-,47-45-. The zero-order valence-electron chi connectivity index (χ0n) is 44.0. The minimum Gasteiger partial charge on any atom is -0.462 e. The van der Waals surface area contributed by atoms with Gasteiger partial charge in [-0.15, -0.1) is 0 Å². The number of allylic oxidation sites excluding steroid dienone is 26. The number of aliphatic hydroxyl groups excluding tert-OH is 1. The maximum Gasteiger partial charge on any atom is 0.306 e. The van der Waals surface area contributed by atoms with Crippen molar-refractivity contribution in [1.82, 2.24) is 0 Å². The fourth-order valence-electron chi connectivity index (χ4n) is 6.94. The molecule has 0 amide bonds. The molecular formula is C64H100O5. The first-order chi connectivity index (χ1) is 34.1. The highest BCUT2D eigenvalue weighted by Crippen LogP contribution is 2.12. The number of ether oxygens (including phenoxy) is 2. The van der Waals surface area contributed by atoms with Gasteiger partial charge in [0, 0.05) is 12.8 Å². The summed E-state index contributed by atoms with van der Waals surface area (Å²) >= 11 is 0. The second-order valence-electron chi connectivity index (χ2n) is 17.6. The van der Waals surface area contributed by atoms with Gasteiger partial charge in [0.25, 0.3) is 0 Å². The molecule has 0 aromatic heterocycles. The van der Waals surface area contributed by atoms with Crippen LogP contribution in [0.5, 0.6) is 0 Å². The van der Waals surface area contributed by atoms with Crippen molar-refractivity contribution in [3.05, 3.63) is 158 Å². The Morgan fingerprint density at radius 2 is 0.623 bits per heavy atom. The molecule has 5 heteroatoms. The molecule has 386 valence electrons. The summed E-state index contributed by atoms with van der Waals surface area (Å²) < 4.78 is 10.6. The van der Waals surface area contributed by atoms with Crippen LogP contribution < -0.4 is 0 Å². The Balaban J connectivity index is 3.69. The molecule has 0 heterocycles. The quantitative estimate of drug-likeness (QED) is 0.0374. The first-order valence-electron chi connectivity index (χ1n) is 27.5. The van der Waals surface area contributed by atoms with Crippen molar-refractivity contribution >= 4 is 11.9 Å². The molecule has 0 radical (unpaired) electrons. The number of carbonyl (C=O) groups is 2. The van der Waals surface area contributed by atoms with E-state index >= 15 is 0 Å². The summed E-state index contributed by atoms with van der Waals surface area (Å²) in [5, 5.41) is 9.61. The lowest BCUT2D eigenvalue weighted by Crippen LogP contribution is -2.28. The summed E-state index contributed by atoms with van der Waals surface area (Å²) in [7, 11) is 0. The van der Waals surface area contributed by atoms with Crippen LogP contribution in [0.3, 0.4) is 0 Å². The first kappa shape index (κ1) is 64.5. The van der Waals surface area contributed by atoms with Gasteiger partial charge in [-0.3, -0.25) is 9.59 Å². The highest BCUT2D eigenvalue weighted by molar-refractivity contribution is 5.70. The van der Waals surface area contributed by atoms with Crippen LogP contribution in [0.15, 0.2) is 158 Å². The van der Waals surface area contributed by atoms with Crippen molar-refractivity contribution in [2.45, 2.75) is 219 Å². The Morgan fingerprint density at radius 1 is 0.348 bits per heavy atom. The van der Waals surface area contributed by atoms with Gasteiger partial charge in [0.2, 0.25) is 0 Å². The van der Waals surface area contributed by atoms with E-state index < -0.39 is 6.10 Å². The van der Waals surface area contributed by atoms with Gasteiger partial charge >= 0.3 is 11.9 Å². The molecule has 1 atom stereocenters. The summed E-state index contributed by atoms with van der Waals surface area (Å²) in [4.78, 5) is 24.4. The monoisotopic (exact) mass is 949 g/mol. The van der Waals surface area contributed by atoms with E-state index in [1.54, 1.807) is 0 Å². The van der Waals surface area contributed by atoms with Crippen LogP contribution >= 0.6 is 0 Å². The SMILES string of the molecule is CC/C=C\C/C=C\C/C=C\C/C=C\C/C=C\C/C=C\C/C=C\C/C=C\C/C=C\C/C=C\C/C=C\C/C=C\CCCCCCC(=O)OC(CO)COC(=O)CCCCCCC/C=C\CCCCCCC. The van der Waals surface area contributed by atoms with E-state index in [-0.39, 0.29) is 25.2 Å². The summed E-state index contributed by atoms with van der Waals surface area (Å²) in [6.45, 7) is 3.97. The smallest absolute Gasteiger partial charge is 0.306 e. The number of carbonyl (C=O) groups excluding carboxylic acids is 2. The van der Waals surface area contributed by atoms with Crippen LogP contribution in [-0.4, -0.2) is 36.4 Å². The molecular weight excluding hydrogens is 849 g/mol. The van der Waals surface area contributed by atoms with Gasteiger partial charge in [0.05, 0.1) is 6.61 Å².